The van der Waals surface area contributed by atoms with Crippen LogP contribution in [0.1, 0.15) is 34.1 Å². The zero-order valence-electron chi connectivity index (χ0n) is 11.3. The zero-order chi connectivity index (χ0) is 13.8. The van der Waals surface area contributed by atoms with Gasteiger partial charge >= 0.3 is 0 Å². The molecule has 1 aromatic carbocycles. The summed E-state index contributed by atoms with van der Waals surface area (Å²) in [6.07, 6.45) is 0.473. The van der Waals surface area contributed by atoms with Crippen LogP contribution in [-0.4, -0.2) is 11.8 Å². The highest BCUT2D eigenvalue weighted by atomic mass is 16.2. The Bertz CT molecular complexity index is 430. The standard InChI is InChI=1S/C14H20N2O2/c1-10(17)15-11-5-7-12(8-6-11)16-13(18)9-14(2,3)4/h5-8H,9H2,1-4H3,(H,15,17)(H,16,18). The van der Waals surface area contributed by atoms with Crippen LogP contribution in [0, 0.1) is 5.41 Å². The largest absolute Gasteiger partial charge is 0.326 e. The quantitative estimate of drug-likeness (QED) is 0.863. The van der Waals surface area contributed by atoms with E-state index in [2.05, 4.69) is 10.6 Å². The molecule has 4 nitrogen and oxygen atoms in total. The topological polar surface area (TPSA) is 58.2 Å². The van der Waals surface area contributed by atoms with E-state index in [0.717, 1.165) is 11.4 Å². The molecule has 0 saturated carbocycles. The minimum absolute atomic E-state index is 0.00484. The Labute approximate surface area is 108 Å². The van der Waals surface area contributed by atoms with E-state index in [4.69, 9.17) is 0 Å². The number of hydrogen-bond acceptors (Lipinski definition) is 2. The van der Waals surface area contributed by atoms with Gasteiger partial charge in [0.2, 0.25) is 11.8 Å². The van der Waals surface area contributed by atoms with Gasteiger partial charge in [0.15, 0.2) is 0 Å². The lowest BCUT2D eigenvalue weighted by Crippen LogP contribution is -2.19. The van der Waals surface area contributed by atoms with Crippen LogP contribution in [0.4, 0.5) is 11.4 Å². The zero-order valence-corrected chi connectivity index (χ0v) is 11.3. The Hall–Kier alpha value is -1.84. The molecule has 1 rings (SSSR count). The maximum absolute atomic E-state index is 11.7. The van der Waals surface area contributed by atoms with Gasteiger partial charge in [-0.3, -0.25) is 9.59 Å². The van der Waals surface area contributed by atoms with Crippen molar-refractivity contribution in [3.63, 3.8) is 0 Å². The molecule has 0 aliphatic carbocycles. The molecule has 0 aliphatic rings. The predicted molar refractivity (Wildman–Crippen MR) is 73.4 cm³/mol. The van der Waals surface area contributed by atoms with E-state index in [1.165, 1.54) is 6.92 Å². The molecule has 4 heteroatoms. The van der Waals surface area contributed by atoms with Crippen molar-refractivity contribution in [2.45, 2.75) is 34.1 Å². The summed E-state index contributed by atoms with van der Waals surface area (Å²) < 4.78 is 0. The van der Waals surface area contributed by atoms with Crippen LogP contribution in [0.15, 0.2) is 24.3 Å². The lowest BCUT2D eigenvalue weighted by Gasteiger charge is -2.17. The fourth-order valence-corrected chi connectivity index (χ4v) is 1.53. The minimum atomic E-state index is -0.112. The first-order valence-corrected chi connectivity index (χ1v) is 5.94. The van der Waals surface area contributed by atoms with Gasteiger partial charge in [0.25, 0.3) is 0 Å². The second kappa shape index (κ2) is 5.67. The van der Waals surface area contributed by atoms with Crippen LogP contribution in [0.2, 0.25) is 0 Å². The van der Waals surface area contributed by atoms with Crippen molar-refractivity contribution < 1.29 is 9.59 Å². The maximum atomic E-state index is 11.7. The molecule has 0 aliphatic heterocycles. The highest BCUT2D eigenvalue weighted by molar-refractivity contribution is 5.92. The predicted octanol–water partition coefficient (Wildman–Crippen LogP) is 3.02. The Morgan fingerprint density at radius 1 is 1.00 bits per heavy atom. The van der Waals surface area contributed by atoms with Crippen LogP contribution in [-0.2, 0) is 9.59 Å². The average molecular weight is 248 g/mol. The fraction of sp³-hybridized carbons (Fsp3) is 0.429. The summed E-state index contributed by atoms with van der Waals surface area (Å²) in [5, 5.41) is 5.50. The molecule has 0 aromatic heterocycles. The Morgan fingerprint density at radius 3 is 1.83 bits per heavy atom. The molecule has 0 heterocycles. The first-order chi connectivity index (χ1) is 8.26. The van der Waals surface area contributed by atoms with Gasteiger partial charge in [-0.15, -0.1) is 0 Å². The van der Waals surface area contributed by atoms with Crippen molar-refractivity contribution in [3.8, 4) is 0 Å². The second-order valence-corrected chi connectivity index (χ2v) is 5.54. The number of rotatable bonds is 3. The third kappa shape index (κ3) is 5.48. The van der Waals surface area contributed by atoms with E-state index in [-0.39, 0.29) is 17.2 Å². The van der Waals surface area contributed by atoms with Crippen molar-refractivity contribution in [2.75, 3.05) is 10.6 Å². The average Bonchev–Trinajstić information content (AvgIpc) is 2.17. The molecule has 0 spiro atoms. The molecule has 0 fully saturated rings. The number of carbonyl (C=O) groups excluding carboxylic acids is 2. The van der Waals surface area contributed by atoms with Gasteiger partial charge in [0, 0.05) is 24.7 Å². The van der Waals surface area contributed by atoms with Gasteiger partial charge in [0.05, 0.1) is 0 Å². The molecule has 98 valence electrons. The van der Waals surface area contributed by atoms with Gasteiger partial charge in [-0.25, -0.2) is 0 Å². The first-order valence-electron chi connectivity index (χ1n) is 5.94. The number of carbonyl (C=O) groups is 2. The molecule has 0 bridgehead atoms. The van der Waals surface area contributed by atoms with E-state index >= 15 is 0 Å². The lowest BCUT2D eigenvalue weighted by atomic mass is 9.92. The third-order valence-electron chi connectivity index (χ3n) is 2.18. The van der Waals surface area contributed by atoms with Gasteiger partial charge in [0.1, 0.15) is 0 Å². The van der Waals surface area contributed by atoms with Crippen LogP contribution < -0.4 is 10.6 Å². The van der Waals surface area contributed by atoms with E-state index in [1.807, 2.05) is 20.8 Å². The van der Waals surface area contributed by atoms with Crippen molar-refractivity contribution >= 4 is 23.2 Å². The summed E-state index contributed by atoms with van der Waals surface area (Å²) in [5.74, 6) is -0.116. The monoisotopic (exact) mass is 248 g/mol. The van der Waals surface area contributed by atoms with Gasteiger partial charge < -0.3 is 10.6 Å². The van der Waals surface area contributed by atoms with Crippen molar-refractivity contribution in [1.29, 1.82) is 0 Å². The molecule has 18 heavy (non-hydrogen) atoms. The second-order valence-electron chi connectivity index (χ2n) is 5.54. The van der Waals surface area contributed by atoms with E-state index < -0.39 is 0 Å². The normalized spacial score (nSPS) is 10.9. The van der Waals surface area contributed by atoms with Crippen LogP contribution in [0.5, 0.6) is 0 Å². The van der Waals surface area contributed by atoms with Crippen molar-refractivity contribution in [2.24, 2.45) is 5.41 Å². The molecular formula is C14H20N2O2. The minimum Gasteiger partial charge on any atom is -0.326 e. The summed E-state index contributed by atoms with van der Waals surface area (Å²) in [6.45, 7) is 7.52. The molecule has 0 saturated heterocycles. The van der Waals surface area contributed by atoms with E-state index in [0.29, 0.717) is 6.42 Å². The Morgan fingerprint density at radius 2 is 1.44 bits per heavy atom. The molecule has 0 unspecified atom stereocenters. The van der Waals surface area contributed by atoms with Gasteiger partial charge in [-0.1, -0.05) is 20.8 Å². The number of hydrogen-bond donors (Lipinski definition) is 2. The molecule has 2 amide bonds. The highest BCUT2D eigenvalue weighted by Gasteiger charge is 2.15. The summed E-state index contributed by atoms with van der Waals surface area (Å²) in [6, 6.07) is 7.06. The highest BCUT2D eigenvalue weighted by Crippen LogP contribution is 2.20. The smallest absolute Gasteiger partial charge is 0.224 e. The van der Waals surface area contributed by atoms with E-state index in [1.54, 1.807) is 24.3 Å². The Kier molecular flexibility index (Phi) is 4.48. The number of benzene rings is 1. The lowest BCUT2D eigenvalue weighted by molar-refractivity contribution is -0.118. The molecule has 2 N–H and O–H groups in total. The third-order valence-corrected chi connectivity index (χ3v) is 2.18. The number of nitrogens with one attached hydrogen (secondary N) is 2. The van der Waals surface area contributed by atoms with Gasteiger partial charge in [-0.2, -0.15) is 0 Å². The van der Waals surface area contributed by atoms with Crippen LogP contribution in [0.25, 0.3) is 0 Å². The number of anilines is 2. The van der Waals surface area contributed by atoms with Crippen LogP contribution in [0.3, 0.4) is 0 Å². The summed E-state index contributed by atoms with van der Waals surface area (Å²) in [5.41, 5.74) is 1.43. The summed E-state index contributed by atoms with van der Waals surface area (Å²) in [7, 11) is 0. The van der Waals surface area contributed by atoms with E-state index in [9.17, 15) is 9.59 Å². The molecule has 0 radical (unpaired) electrons. The van der Waals surface area contributed by atoms with Crippen LogP contribution >= 0.6 is 0 Å². The Balaban J connectivity index is 2.58. The number of amides is 2. The van der Waals surface area contributed by atoms with Gasteiger partial charge in [-0.05, 0) is 29.7 Å². The molecule has 1 aromatic rings. The molecule has 0 atom stereocenters. The summed E-state index contributed by atoms with van der Waals surface area (Å²) in [4.78, 5) is 22.6. The summed E-state index contributed by atoms with van der Waals surface area (Å²) >= 11 is 0. The fourth-order valence-electron chi connectivity index (χ4n) is 1.53. The SMILES string of the molecule is CC(=O)Nc1ccc(NC(=O)CC(C)(C)C)cc1. The van der Waals surface area contributed by atoms with Crippen molar-refractivity contribution in [3.05, 3.63) is 24.3 Å². The maximum Gasteiger partial charge on any atom is 0.224 e. The first kappa shape index (κ1) is 14.2. The van der Waals surface area contributed by atoms with Crippen molar-refractivity contribution in [1.82, 2.24) is 0 Å². The molecular weight excluding hydrogens is 228 g/mol.